The van der Waals surface area contributed by atoms with E-state index in [9.17, 15) is 14.9 Å². The number of ether oxygens (including phenoxy) is 1. The fraction of sp³-hybridized carbons (Fsp3) is 0.0833. The zero-order chi connectivity index (χ0) is 14.7. The monoisotopic (exact) mass is 315 g/mol. The highest BCUT2D eigenvalue weighted by molar-refractivity contribution is 6.42. The first-order valence-electron chi connectivity index (χ1n) is 5.31. The van der Waals surface area contributed by atoms with Gasteiger partial charge in [-0.2, -0.15) is 0 Å². The molecule has 2 rings (SSSR count). The van der Waals surface area contributed by atoms with Gasteiger partial charge < -0.3 is 9.15 Å². The van der Waals surface area contributed by atoms with Crippen LogP contribution in [0.3, 0.4) is 0 Å². The maximum absolute atomic E-state index is 10.9. The molecule has 104 valence electrons. The number of carbonyl (C=O) groups is 1. The van der Waals surface area contributed by atoms with Crippen LogP contribution in [0.1, 0.15) is 16.3 Å². The van der Waals surface area contributed by atoms with Crippen molar-refractivity contribution in [3.8, 4) is 5.75 Å². The number of benzene rings is 1. The summed E-state index contributed by atoms with van der Waals surface area (Å²) in [5, 5.41) is 11.1. The molecule has 8 heteroatoms. The van der Waals surface area contributed by atoms with E-state index in [-0.39, 0.29) is 33.8 Å². The van der Waals surface area contributed by atoms with Crippen LogP contribution in [0.4, 0.5) is 5.69 Å². The minimum Gasteiger partial charge on any atom is -0.479 e. The van der Waals surface area contributed by atoms with E-state index < -0.39 is 4.92 Å². The van der Waals surface area contributed by atoms with E-state index in [2.05, 4.69) is 0 Å². The third kappa shape index (κ3) is 3.09. The highest BCUT2D eigenvalue weighted by atomic mass is 35.5. The highest BCUT2D eigenvalue weighted by Crippen LogP contribution is 2.36. The molecule has 0 saturated carbocycles. The van der Waals surface area contributed by atoms with Gasteiger partial charge in [-0.3, -0.25) is 14.9 Å². The summed E-state index contributed by atoms with van der Waals surface area (Å²) in [6.07, 6.45) is 0.547. The molecule has 0 aliphatic heterocycles. The van der Waals surface area contributed by atoms with Gasteiger partial charge in [0.05, 0.1) is 15.0 Å². The van der Waals surface area contributed by atoms with Gasteiger partial charge in [-0.15, -0.1) is 0 Å². The van der Waals surface area contributed by atoms with Gasteiger partial charge in [-0.25, -0.2) is 0 Å². The predicted octanol–water partition coefficient (Wildman–Crippen LogP) is 3.89. The van der Waals surface area contributed by atoms with E-state index in [1.165, 1.54) is 18.2 Å². The van der Waals surface area contributed by atoms with E-state index in [1.54, 1.807) is 0 Å². The van der Waals surface area contributed by atoms with Crippen LogP contribution in [0.2, 0.25) is 10.0 Å². The highest BCUT2D eigenvalue weighted by Gasteiger charge is 2.19. The van der Waals surface area contributed by atoms with Crippen LogP contribution in [0.5, 0.6) is 5.75 Å². The van der Waals surface area contributed by atoms with Crippen molar-refractivity contribution in [3.63, 3.8) is 0 Å². The maximum atomic E-state index is 10.9. The summed E-state index contributed by atoms with van der Waals surface area (Å²) in [5.74, 6) is 0.466. The molecule has 20 heavy (non-hydrogen) atoms. The summed E-state index contributed by atoms with van der Waals surface area (Å²) in [4.78, 5) is 20.7. The Hall–Kier alpha value is -2.05. The molecule has 0 saturated heterocycles. The number of nitrogens with zero attached hydrogens (tertiary/aromatic N) is 1. The molecule has 0 aliphatic rings. The minimum atomic E-state index is -0.628. The molecule has 2 aromatic rings. The van der Waals surface area contributed by atoms with Gasteiger partial charge in [0.2, 0.25) is 0 Å². The number of furan rings is 1. The third-order valence-corrected chi connectivity index (χ3v) is 3.09. The summed E-state index contributed by atoms with van der Waals surface area (Å²) < 4.78 is 10.4. The Labute approximate surface area is 123 Å². The van der Waals surface area contributed by atoms with Gasteiger partial charge in [0.15, 0.2) is 17.8 Å². The Morgan fingerprint density at radius 1 is 1.30 bits per heavy atom. The largest absolute Gasteiger partial charge is 0.479 e. The van der Waals surface area contributed by atoms with E-state index in [0.29, 0.717) is 12.0 Å². The Morgan fingerprint density at radius 3 is 2.60 bits per heavy atom. The lowest BCUT2D eigenvalue weighted by molar-refractivity contribution is -0.385. The lowest BCUT2D eigenvalue weighted by atomic mass is 10.3. The number of carbonyl (C=O) groups excluding carboxylic acids is 1. The molecule has 0 bridgehead atoms. The zero-order valence-electron chi connectivity index (χ0n) is 9.84. The molecule has 1 aromatic heterocycles. The van der Waals surface area contributed by atoms with Gasteiger partial charge in [0.25, 0.3) is 0 Å². The predicted molar refractivity (Wildman–Crippen MR) is 71.5 cm³/mol. The van der Waals surface area contributed by atoms with Crippen LogP contribution in [-0.4, -0.2) is 11.2 Å². The average molecular weight is 316 g/mol. The van der Waals surface area contributed by atoms with Gasteiger partial charge in [-0.05, 0) is 12.1 Å². The number of halogens is 2. The third-order valence-electron chi connectivity index (χ3n) is 2.37. The van der Waals surface area contributed by atoms with E-state index in [4.69, 9.17) is 32.4 Å². The summed E-state index contributed by atoms with van der Waals surface area (Å²) in [5.41, 5.74) is -0.304. The summed E-state index contributed by atoms with van der Waals surface area (Å²) in [6.45, 7) is -0.0767. The van der Waals surface area contributed by atoms with E-state index in [1.807, 2.05) is 0 Å². The van der Waals surface area contributed by atoms with Gasteiger partial charge in [-0.1, -0.05) is 23.2 Å². The molecule has 1 heterocycles. The minimum absolute atomic E-state index is 0.0338. The second kappa shape index (κ2) is 5.94. The Balaban J connectivity index is 2.22. The first-order valence-corrected chi connectivity index (χ1v) is 6.07. The molecule has 1 aromatic carbocycles. The molecule has 0 atom stereocenters. The van der Waals surface area contributed by atoms with Crippen LogP contribution in [0, 0.1) is 10.1 Å². The lowest BCUT2D eigenvalue weighted by Crippen LogP contribution is -1.98. The first kappa shape index (κ1) is 14.4. The summed E-state index contributed by atoms with van der Waals surface area (Å²) in [6, 6.07) is 5.37. The molecule has 0 fully saturated rings. The van der Waals surface area contributed by atoms with Crippen LogP contribution in [0.15, 0.2) is 28.7 Å². The van der Waals surface area contributed by atoms with Crippen LogP contribution >= 0.6 is 23.2 Å². The second-order valence-electron chi connectivity index (χ2n) is 3.70. The molecular formula is C12H7Cl2NO5. The standard InChI is InChI=1S/C12H7Cl2NO5/c13-9-3-11(15(17)18)12(4-10(9)14)19-6-8-2-1-7(5-16)20-8/h1-5H,6H2. The molecule has 0 aliphatic carbocycles. The average Bonchev–Trinajstić information content (AvgIpc) is 2.87. The van der Waals surface area contributed by atoms with Gasteiger partial charge in [0.1, 0.15) is 12.4 Å². The number of rotatable bonds is 5. The van der Waals surface area contributed by atoms with Crippen molar-refractivity contribution in [2.45, 2.75) is 6.61 Å². The fourth-order valence-electron chi connectivity index (χ4n) is 1.46. The smallest absolute Gasteiger partial charge is 0.312 e. The number of aldehydes is 1. The van der Waals surface area contributed by atoms with Crippen molar-refractivity contribution in [1.29, 1.82) is 0 Å². The maximum Gasteiger partial charge on any atom is 0.312 e. The molecule has 6 nitrogen and oxygen atoms in total. The second-order valence-corrected chi connectivity index (χ2v) is 4.52. The quantitative estimate of drug-likeness (QED) is 0.475. The molecule has 0 N–H and O–H groups in total. The Bertz CT molecular complexity index is 668. The topological polar surface area (TPSA) is 82.6 Å². The van der Waals surface area contributed by atoms with Crippen LogP contribution in [0.25, 0.3) is 0 Å². The first-order chi connectivity index (χ1) is 9.51. The summed E-state index contributed by atoms with van der Waals surface area (Å²) in [7, 11) is 0. The molecule has 0 unspecified atom stereocenters. The van der Waals surface area contributed by atoms with Crippen molar-refractivity contribution in [2.24, 2.45) is 0 Å². The Kier molecular flexibility index (Phi) is 4.26. The van der Waals surface area contributed by atoms with Gasteiger partial charge in [0, 0.05) is 12.1 Å². The zero-order valence-corrected chi connectivity index (χ0v) is 11.4. The normalized spacial score (nSPS) is 10.3. The number of hydrogen-bond donors (Lipinski definition) is 0. The number of nitro benzene ring substituents is 1. The molecule has 0 spiro atoms. The molecular weight excluding hydrogens is 309 g/mol. The number of nitro groups is 1. The van der Waals surface area contributed by atoms with Crippen molar-refractivity contribution in [2.75, 3.05) is 0 Å². The summed E-state index contributed by atoms with van der Waals surface area (Å²) >= 11 is 11.5. The van der Waals surface area contributed by atoms with E-state index >= 15 is 0 Å². The fourth-order valence-corrected chi connectivity index (χ4v) is 1.77. The molecule has 0 radical (unpaired) electrons. The van der Waals surface area contributed by atoms with Crippen LogP contribution < -0.4 is 4.74 Å². The Morgan fingerprint density at radius 2 is 2.00 bits per heavy atom. The van der Waals surface area contributed by atoms with Crippen molar-refractivity contribution < 1.29 is 18.9 Å². The van der Waals surface area contributed by atoms with Crippen molar-refractivity contribution in [1.82, 2.24) is 0 Å². The molecule has 0 amide bonds. The van der Waals surface area contributed by atoms with Gasteiger partial charge >= 0.3 is 5.69 Å². The lowest BCUT2D eigenvalue weighted by Gasteiger charge is -2.06. The van der Waals surface area contributed by atoms with Crippen molar-refractivity contribution >= 4 is 35.2 Å². The van der Waals surface area contributed by atoms with Crippen LogP contribution in [-0.2, 0) is 6.61 Å². The SMILES string of the molecule is O=Cc1ccc(COc2cc(Cl)c(Cl)cc2[N+](=O)[O-])o1. The van der Waals surface area contributed by atoms with Crippen molar-refractivity contribution in [3.05, 3.63) is 55.9 Å². The van der Waals surface area contributed by atoms with E-state index in [0.717, 1.165) is 6.07 Å². The number of hydrogen-bond acceptors (Lipinski definition) is 5.